The Balaban J connectivity index is 1.38. The summed E-state index contributed by atoms with van der Waals surface area (Å²) in [6.07, 6.45) is -0.591. The highest BCUT2D eigenvalue weighted by Gasteiger charge is 2.21. The highest BCUT2D eigenvalue weighted by Crippen LogP contribution is 2.25. The van der Waals surface area contributed by atoms with E-state index in [1.807, 2.05) is 66.7 Å². The van der Waals surface area contributed by atoms with Gasteiger partial charge in [-0.15, -0.1) is 0 Å². The fourth-order valence-electron chi connectivity index (χ4n) is 3.46. The molecular formula is C25H22N2O4. The molecule has 0 aliphatic rings. The number of rotatable bonds is 7. The van der Waals surface area contributed by atoms with Crippen LogP contribution in [0, 0.1) is 0 Å². The number of aliphatic carboxylic acids is 1. The van der Waals surface area contributed by atoms with E-state index < -0.39 is 18.1 Å². The van der Waals surface area contributed by atoms with Crippen molar-refractivity contribution in [2.24, 2.45) is 0 Å². The number of carboxylic acids is 1. The van der Waals surface area contributed by atoms with E-state index in [4.69, 9.17) is 4.74 Å². The van der Waals surface area contributed by atoms with Crippen LogP contribution in [0.2, 0.25) is 0 Å². The average Bonchev–Trinajstić information content (AvgIpc) is 3.21. The van der Waals surface area contributed by atoms with Crippen molar-refractivity contribution in [3.8, 4) is 11.1 Å². The Morgan fingerprint density at radius 2 is 1.61 bits per heavy atom. The number of amides is 1. The van der Waals surface area contributed by atoms with Crippen molar-refractivity contribution in [1.82, 2.24) is 10.3 Å². The molecule has 4 aromatic rings. The summed E-state index contributed by atoms with van der Waals surface area (Å²) in [5.74, 6) is -1.11. The van der Waals surface area contributed by atoms with Crippen LogP contribution in [0.25, 0.3) is 22.0 Å². The lowest BCUT2D eigenvalue weighted by Crippen LogP contribution is -2.42. The minimum atomic E-state index is -1.11. The molecule has 156 valence electrons. The first-order chi connectivity index (χ1) is 15.1. The SMILES string of the molecule is O=C(N[C@H](Cc1ccccc1)C(=O)O)OCc1cc2cc(-c3ccccc3)ccc2[nH]1. The molecule has 1 atom stereocenters. The molecule has 0 radical (unpaired) electrons. The summed E-state index contributed by atoms with van der Waals surface area (Å²) in [6, 6.07) is 26.2. The van der Waals surface area contributed by atoms with E-state index in [0.29, 0.717) is 0 Å². The number of hydrogen-bond acceptors (Lipinski definition) is 3. The molecule has 4 rings (SSSR count). The van der Waals surface area contributed by atoms with E-state index in [0.717, 1.165) is 33.3 Å². The third-order valence-electron chi connectivity index (χ3n) is 5.02. The predicted molar refractivity (Wildman–Crippen MR) is 119 cm³/mol. The molecule has 0 saturated carbocycles. The predicted octanol–water partition coefficient (Wildman–Crippen LogP) is 4.76. The summed E-state index contributed by atoms with van der Waals surface area (Å²) in [6.45, 7) is 0.0128. The van der Waals surface area contributed by atoms with E-state index in [-0.39, 0.29) is 13.0 Å². The van der Waals surface area contributed by atoms with Crippen molar-refractivity contribution in [3.63, 3.8) is 0 Å². The van der Waals surface area contributed by atoms with Gasteiger partial charge in [0.15, 0.2) is 0 Å². The fourth-order valence-corrected chi connectivity index (χ4v) is 3.46. The second kappa shape index (κ2) is 9.17. The summed E-state index contributed by atoms with van der Waals surface area (Å²) in [5.41, 5.74) is 4.71. The average molecular weight is 414 g/mol. The Morgan fingerprint density at radius 1 is 0.903 bits per heavy atom. The van der Waals surface area contributed by atoms with Gasteiger partial charge >= 0.3 is 12.1 Å². The molecule has 3 aromatic carbocycles. The standard InChI is InChI=1S/C25H22N2O4/c28-24(29)23(13-17-7-3-1-4-8-17)27-25(30)31-16-21-15-20-14-19(11-12-22(20)26-21)18-9-5-2-6-10-18/h1-12,14-15,23,26H,13,16H2,(H,27,30)(H,28,29)/t23-/m1/s1. The van der Waals surface area contributed by atoms with Crippen molar-refractivity contribution in [2.75, 3.05) is 0 Å². The highest BCUT2D eigenvalue weighted by molar-refractivity contribution is 5.86. The lowest BCUT2D eigenvalue weighted by molar-refractivity contribution is -0.139. The number of benzene rings is 3. The minimum Gasteiger partial charge on any atom is -0.480 e. The summed E-state index contributed by atoms with van der Waals surface area (Å²) in [4.78, 5) is 26.9. The Bertz CT molecular complexity index is 1190. The third-order valence-corrected chi connectivity index (χ3v) is 5.02. The van der Waals surface area contributed by atoms with Crippen LogP contribution in [-0.2, 0) is 22.6 Å². The van der Waals surface area contributed by atoms with Gasteiger partial charge in [-0.2, -0.15) is 0 Å². The van der Waals surface area contributed by atoms with Crippen LogP contribution in [0.1, 0.15) is 11.3 Å². The van der Waals surface area contributed by atoms with Gasteiger partial charge in [0.05, 0.1) is 5.69 Å². The Hall–Kier alpha value is -4.06. The minimum absolute atomic E-state index is 0.0128. The Kier molecular flexibility index (Phi) is 5.98. The van der Waals surface area contributed by atoms with Gasteiger partial charge < -0.3 is 20.1 Å². The van der Waals surface area contributed by atoms with Crippen molar-refractivity contribution < 1.29 is 19.4 Å². The van der Waals surface area contributed by atoms with Crippen molar-refractivity contribution in [3.05, 3.63) is 96.2 Å². The Labute approximate surface area is 179 Å². The maximum Gasteiger partial charge on any atom is 0.408 e. The van der Waals surface area contributed by atoms with Gasteiger partial charge in [0, 0.05) is 17.3 Å². The van der Waals surface area contributed by atoms with Gasteiger partial charge in [0.1, 0.15) is 12.6 Å². The first kappa shape index (κ1) is 20.2. The van der Waals surface area contributed by atoms with Crippen molar-refractivity contribution in [1.29, 1.82) is 0 Å². The monoisotopic (exact) mass is 414 g/mol. The van der Waals surface area contributed by atoms with Crippen LogP contribution < -0.4 is 5.32 Å². The number of ether oxygens (including phenoxy) is 1. The van der Waals surface area contributed by atoms with Gasteiger partial charge in [-0.05, 0) is 34.9 Å². The number of hydrogen-bond donors (Lipinski definition) is 3. The fraction of sp³-hybridized carbons (Fsp3) is 0.120. The zero-order valence-electron chi connectivity index (χ0n) is 16.7. The zero-order valence-corrected chi connectivity index (χ0v) is 16.7. The van der Waals surface area contributed by atoms with Gasteiger partial charge in [0.25, 0.3) is 0 Å². The summed E-state index contributed by atoms with van der Waals surface area (Å²) in [7, 11) is 0. The van der Waals surface area contributed by atoms with E-state index in [1.54, 1.807) is 0 Å². The normalized spacial score (nSPS) is 11.7. The number of fused-ring (bicyclic) bond motifs is 1. The van der Waals surface area contributed by atoms with Crippen molar-refractivity contribution in [2.45, 2.75) is 19.1 Å². The zero-order chi connectivity index (χ0) is 21.6. The van der Waals surface area contributed by atoms with E-state index in [9.17, 15) is 14.7 Å². The number of aromatic nitrogens is 1. The van der Waals surface area contributed by atoms with Gasteiger partial charge in [-0.25, -0.2) is 9.59 Å². The van der Waals surface area contributed by atoms with Crippen molar-refractivity contribution >= 4 is 23.0 Å². The maximum atomic E-state index is 12.2. The number of alkyl carbamates (subject to hydrolysis) is 1. The van der Waals surface area contributed by atoms with Crippen LogP contribution >= 0.6 is 0 Å². The molecule has 6 heteroatoms. The summed E-state index contributed by atoms with van der Waals surface area (Å²) >= 11 is 0. The molecule has 0 spiro atoms. The third kappa shape index (κ3) is 5.11. The first-order valence-corrected chi connectivity index (χ1v) is 9.95. The molecule has 1 heterocycles. The number of carbonyl (C=O) groups is 2. The van der Waals surface area contributed by atoms with Gasteiger partial charge in [-0.1, -0.05) is 66.7 Å². The quantitative estimate of drug-likeness (QED) is 0.407. The van der Waals surface area contributed by atoms with Crippen LogP contribution in [0.15, 0.2) is 84.9 Å². The molecule has 0 aliphatic heterocycles. The van der Waals surface area contributed by atoms with Crippen LogP contribution in [0.4, 0.5) is 4.79 Å². The molecule has 0 saturated heterocycles. The summed E-state index contributed by atoms with van der Waals surface area (Å²) < 4.78 is 5.25. The number of H-pyrrole nitrogens is 1. The lowest BCUT2D eigenvalue weighted by atomic mass is 10.0. The topological polar surface area (TPSA) is 91.4 Å². The largest absolute Gasteiger partial charge is 0.480 e. The Morgan fingerprint density at radius 3 is 2.32 bits per heavy atom. The molecule has 0 aliphatic carbocycles. The smallest absolute Gasteiger partial charge is 0.408 e. The second-order valence-corrected chi connectivity index (χ2v) is 7.26. The first-order valence-electron chi connectivity index (χ1n) is 9.95. The van der Waals surface area contributed by atoms with Crippen LogP contribution in [0.3, 0.4) is 0 Å². The lowest BCUT2D eigenvalue weighted by Gasteiger charge is -2.14. The van der Waals surface area contributed by atoms with E-state index in [2.05, 4.69) is 28.5 Å². The highest BCUT2D eigenvalue weighted by atomic mass is 16.5. The van der Waals surface area contributed by atoms with Gasteiger partial charge in [0.2, 0.25) is 0 Å². The van der Waals surface area contributed by atoms with E-state index in [1.165, 1.54) is 0 Å². The second-order valence-electron chi connectivity index (χ2n) is 7.26. The summed E-state index contributed by atoms with van der Waals surface area (Å²) in [5, 5.41) is 12.8. The number of aromatic amines is 1. The molecule has 0 unspecified atom stereocenters. The molecular weight excluding hydrogens is 392 g/mol. The van der Waals surface area contributed by atoms with E-state index >= 15 is 0 Å². The molecule has 6 nitrogen and oxygen atoms in total. The number of nitrogens with one attached hydrogen (secondary N) is 2. The molecule has 0 bridgehead atoms. The number of carboxylic acid groups (broad SMARTS) is 1. The van der Waals surface area contributed by atoms with Gasteiger partial charge in [-0.3, -0.25) is 0 Å². The van der Waals surface area contributed by atoms with Crippen LogP contribution in [0.5, 0.6) is 0 Å². The number of carbonyl (C=O) groups excluding carboxylic acids is 1. The molecule has 1 amide bonds. The molecule has 1 aromatic heterocycles. The molecule has 3 N–H and O–H groups in total. The molecule has 31 heavy (non-hydrogen) atoms. The maximum absolute atomic E-state index is 12.2. The van der Waals surface area contributed by atoms with Crippen LogP contribution in [-0.4, -0.2) is 28.2 Å². The molecule has 0 fully saturated rings.